The second-order valence-corrected chi connectivity index (χ2v) is 6.49. The topological polar surface area (TPSA) is 36.1 Å². The highest BCUT2D eigenvalue weighted by molar-refractivity contribution is 5.83. The molecule has 0 atom stereocenters. The van der Waals surface area contributed by atoms with Crippen molar-refractivity contribution in [3.05, 3.63) is 75.2 Å². The summed E-state index contributed by atoms with van der Waals surface area (Å²) in [6.45, 7) is 4.13. The van der Waals surface area contributed by atoms with Gasteiger partial charge in [0.2, 0.25) is 0 Å². The molecule has 3 rings (SSSR count). The Balaban J connectivity index is 2.15. The van der Waals surface area contributed by atoms with Gasteiger partial charge in [0.05, 0.1) is 0 Å². The van der Waals surface area contributed by atoms with Crippen molar-refractivity contribution in [2.24, 2.45) is 0 Å². The third-order valence-electron chi connectivity index (χ3n) is 4.61. The normalized spacial score (nSPS) is 11.0. The quantitative estimate of drug-likeness (QED) is 0.787. The zero-order valence-corrected chi connectivity index (χ0v) is 14.8. The van der Waals surface area contributed by atoms with Crippen LogP contribution in [0.5, 0.6) is 0 Å². The third kappa shape index (κ3) is 2.94. The molecule has 1 heterocycles. The maximum atomic E-state index is 12.5. The minimum absolute atomic E-state index is 0.00881. The lowest BCUT2D eigenvalue weighted by molar-refractivity contribution is 0.947. The number of fused-ring (bicyclic) bond motifs is 1. The molecular weight excluding hydrogens is 296 g/mol. The summed E-state index contributed by atoms with van der Waals surface area (Å²) in [6.07, 6.45) is 1.68. The Morgan fingerprint density at radius 1 is 1.00 bits per heavy atom. The summed E-state index contributed by atoms with van der Waals surface area (Å²) in [7, 11) is 3.87. The van der Waals surface area contributed by atoms with Crippen LogP contribution in [0.1, 0.15) is 29.3 Å². The molecule has 24 heavy (non-hydrogen) atoms. The molecule has 2 aromatic carbocycles. The van der Waals surface area contributed by atoms with Crippen LogP contribution < -0.4 is 10.5 Å². The molecule has 1 N–H and O–H groups in total. The fraction of sp³-hybridized carbons (Fsp3) is 0.286. The highest BCUT2D eigenvalue weighted by atomic mass is 16.1. The first-order valence-electron chi connectivity index (χ1n) is 8.41. The lowest BCUT2D eigenvalue weighted by Gasteiger charge is -2.21. The van der Waals surface area contributed by atoms with Crippen LogP contribution in [0, 0.1) is 6.92 Å². The molecule has 0 unspecified atom stereocenters. The van der Waals surface area contributed by atoms with E-state index in [0.717, 1.165) is 29.8 Å². The summed E-state index contributed by atoms with van der Waals surface area (Å²) in [5.74, 6) is 0. The van der Waals surface area contributed by atoms with E-state index in [0.29, 0.717) is 0 Å². The van der Waals surface area contributed by atoms with E-state index >= 15 is 0 Å². The number of hydrogen-bond donors (Lipinski definition) is 1. The number of benzene rings is 2. The van der Waals surface area contributed by atoms with Gasteiger partial charge >= 0.3 is 0 Å². The predicted molar refractivity (Wildman–Crippen MR) is 102 cm³/mol. The number of hydrogen-bond acceptors (Lipinski definition) is 2. The molecule has 0 aliphatic carbocycles. The molecule has 0 aliphatic heterocycles. The van der Waals surface area contributed by atoms with Crippen molar-refractivity contribution in [2.75, 3.05) is 19.0 Å². The van der Waals surface area contributed by atoms with Gasteiger partial charge in [0.1, 0.15) is 5.69 Å². The zero-order chi connectivity index (χ0) is 17.3. The molecule has 0 fully saturated rings. The molecule has 3 heteroatoms. The van der Waals surface area contributed by atoms with Gasteiger partial charge in [-0.3, -0.25) is 4.79 Å². The largest absolute Gasteiger partial charge is 0.373 e. The van der Waals surface area contributed by atoms with Gasteiger partial charge < -0.3 is 9.88 Å². The number of H-pyrrole nitrogens is 1. The molecule has 3 nitrogen and oxygen atoms in total. The van der Waals surface area contributed by atoms with Gasteiger partial charge in [0.15, 0.2) is 0 Å². The van der Waals surface area contributed by atoms with E-state index in [1.54, 1.807) is 0 Å². The first-order chi connectivity index (χ1) is 11.5. The number of pyridine rings is 1. The van der Waals surface area contributed by atoms with Crippen molar-refractivity contribution in [1.82, 2.24) is 4.98 Å². The summed E-state index contributed by atoms with van der Waals surface area (Å²) in [6, 6.07) is 14.9. The maximum Gasteiger partial charge on any atom is 0.271 e. The minimum Gasteiger partial charge on any atom is -0.373 e. The number of nitrogens with zero attached hydrogens (tertiary/aromatic N) is 1. The van der Waals surface area contributed by atoms with Crippen LogP contribution in [-0.2, 0) is 12.8 Å². The van der Waals surface area contributed by atoms with E-state index < -0.39 is 0 Å². The first kappa shape index (κ1) is 16.3. The van der Waals surface area contributed by atoms with Crippen LogP contribution in [0.25, 0.3) is 10.8 Å². The molecule has 0 spiro atoms. The molecule has 3 aromatic rings. The Morgan fingerprint density at radius 2 is 1.71 bits per heavy atom. The predicted octanol–water partition coefficient (Wildman–Crippen LogP) is 4.06. The van der Waals surface area contributed by atoms with Crippen LogP contribution in [0.4, 0.5) is 5.69 Å². The van der Waals surface area contributed by atoms with Gasteiger partial charge in [-0.1, -0.05) is 49.4 Å². The summed E-state index contributed by atoms with van der Waals surface area (Å²) in [5.41, 5.74) is 5.35. The van der Waals surface area contributed by atoms with Gasteiger partial charge in [-0.25, -0.2) is 0 Å². The number of aryl methyl sites for hydroxylation is 1. The van der Waals surface area contributed by atoms with E-state index in [9.17, 15) is 4.79 Å². The van der Waals surface area contributed by atoms with Crippen LogP contribution in [0.3, 0.4) is 0 Å². The molecule has 0 aliphatic rings. The van der Waals surface area contributed by atoms with Gasteiger partial charge in [-0.05, 0) is 40.8 Å². The molecule has 0 saturated carbocycles. The molecule has 1 aromatic heterocycles. The van der Waals surface area contributed by atoms with Crippen LogP contribution >= 0.6 is 0 Å². The number of nitrogens with one attached hydrogen (secondary N) is 1. The standard InChI is InChI=1S/C21H24N2O/c1-5-18-14(2)22-21(24)20(23(3)4)19(18)13-15-10-11-16-8-6-7-9-17(16)12-15/h6-12H,5,13H2,1-4H3,(H,22,24). The van der Waals surface area contributed by atoms with Gasteiger partial charge in [0, 0.05) is 26.2 Å². The lowest BCUT2D eigenvalue weighted by atomic mass is 9.94. The third-order valence-corrected chi connectivity index (χ3v) is 4.61. The average Bonchev–Trinajstić information content (AvgIpc) is 2.54. The van der Waals surface area contributed by atoms with Crippen molar-refractivity contribution >= 4 is 16.5 Å². The molecule has 0 radical (unpaired) electrons. The monoisotopic (exact) mass is 320 g/mol. The Kier molecular flexibility index (Phi) is 4.43. The highest BCUT2D eigenvalue weighted by Gasteiger charge is 2.16. The summed E-state index contributed by atoms with van der Waals surface area (Å²) in [4.78, 5) is 17.4. The van der Waals surface area contributed by atoms with Gasteiger partial charge in [-0.2, -0.15) is 0 Å². The Labute approximate surface area is 143 Å². The summed E-state index contributed by atoms with van der Waals surface area (Å²) in [5, 5.41) is 2.48. The van der Waals surface area contributed by atoms with Crippen LogP contribution in [0.15, 0.2) is 47.3 Å². The highest BCUT2D eigenvalue weighted by Crippen LogP contribution is 2.26. The molecule has 0 amide bonds. The van der Waals surface area contributed by atoms with Gasteiger partial charge in [0.25, 0.3) is 5.56 Å². The zero-order valence-electron chi connectivity index (χ0n) is 14.8. The summed E-state index contributed by atoms with van der Waals surface area (Å²) >= 11 is 0. The maximum absolute atomic E-state index is 12.5. The summed E-state index contributed by atoms with van der Waals surface area (Å²) < 4.78 is 0. The van der Waals surface area contributed by atoms with E-state index in [2.05, 4.69) is 54.4 Å². The van der Waals surface area contributed by atoms with Crippen molar-refractivity contribution in [1.29, 1.82) is 0 Å². The molecule has 0 saturated heterocycles. The first-order valence-corrected chi connectivity index (χ1v) is 8.41. The Hall–Kier alpha value is -2.55. The lowest BCUT2D eigenvalue weighted by Crippen LogP contribution is -2.25. The number of anilines is 1. The fourth-order valence-corrected chi connectivity index (χ4v) is 3.51. The van der Waals surface area contributed by atoms with Crippen molar-refractivity contribution < 1.29 is 0 Å². The molecule has 0 bridgehead atoms. The second kappa shape index (κ2) is 6.52. The van der Waals surface area contributed by atoms with Crippen LogP contribution in [0.2, 0.25) is 0 Å². The van der Waals surface area contributed by atoms with Crippen molar-refractivity contribution in [2.45, 2.75) is 26.7 Å². The SMILES string of the molecule is CCc1c(C)[nH]c(=O)c(N(C)C)c1Cc1ccc2ccccc2c1. The van der Waals surface area contributed by atoms with E-state index in [-0.39, 0.29) is 5.56 Å². The number of rotatable bonds is 4. The molecule has 124 valence electrons. The fourth-order valence-electron chi connectivity index (χ4n) is 3.51. The van der Waals surface area contributed by atoms with Crippen LogP contribution in [-0.4, -0.2) is 19.1 Å². The van der Waals surface area contributed by atoms with Crippen molar-refractivity contribution in [3.63, 3.8) is 0 Å². The average molecular weight is 320 g/mol. The van der Waals surface area contributed by atoms with E-state index in [1.165, 1.54) is 21.9 Å². The Morgan fingerprint density at radius 3 is 2.38 bits per heavy atom. The smallest absolute Gasteiger partial charge is 0.271 e. The van der Waals surface area contributed by atoms with E-state index in [4.69, 9.17) is 0 Å². The Bertz CT molecular complexity index is 938. The van der Waals surface area contributed by atoms with Gasteiger partial charge in [-0.15, -0.1) is 0 Å². The minimum atomic E-state index is -0.00881. The number of aromatic amines is 1. The second-order valence-electron chi connectivity index (χ2n) is 6.49. The van der Waals surface area contributed by atoms with E-state index in [1.807, 2.05) is 25.9 Å². The molecular formula is C21H24N2O. The number of aromatic nitrogens is 1. The van der Waals surface area contributed by atoms with Crippen molar-refractivity contribution in [3.8, 4) is 0 Å².